The van der Waals surface area contributed by atoms with E-state index in [-0.39, 0.29) is 23.1 Å². The molecule has 0 saturated heterocycles. The van der Waals surface area contributed by atoms with Crippen molar-refractivity contribution in [1.82, 2.24) is 4.90 Å². The highest BCUT2D eigenvalue weighted by molar-refractivity contribution is 6.04. The summed E-state index contributed by atoms with van der Waals surface area (Å²) in [5, 5.41) is 3.33. The van der Waals surface area contributed by atoms with Crippen LogP contribution in [-0.2, 0) is 10.3 Å². The number of hydrogen-bond acceptors (Lipinski definition) is 4. The predicted octanol–water partition coefficient (Wildman–Crippen LogP) is 2.68. The summed E-state index contributed by atoms with van der Waals surface area (Å²) >= 11 is 0. The van der Waals surface area contributed by atoms with Gasteiger partial charge in [0.1, 0.15) is 11.4 Å². The van der Waals surface area contributed by atoms with Gasteiger partial charge in [-0.3, -0.25) is 9.69 Å². The topological polar surface area (TPSA) is 70.7 Å². The minimum Gasteiger partial charge on any atom is -0.385 e. The summed E-state index contributed by atoms with van der Waals surface area (Å²) in [6, 6.07) is 4.91. The highest BCUT2D eigenvalue weighted by Crippen LogP contribution is 2.68. The monoisotopic (exact) mass is 332 g/mol. The molecule has 130 valence electrons. The fourth-order valence-corrected chi connectivity index (χ4v) is 3.40. The largest absolute Gasteiger partial charge is 0.385 e. The first-order valence-corrected chi connectivity index (χ1v) is 8.18. The van der Waals surface area contributed by atoms with Crippen molar-refractivity contribution in [3.63, 3.8) is 0 Å². The van der Waals surface area contributed by atoms with Crippen LogP contribution < -0.4 is 11.1 Å². The number of guanidine groups is 1. The molecule has 0 bridgehead atoms. The molecule has 2 aliphatic rings. The minimum absolute atomic E-state index is 0.104. The van der Waals surface area contributed by atoms with E-state index >= 15 is 0 Å². The second-order valence-corrected chi connectivity index (χ2v) is 8.31. The Bertz CT molecular complexity index is 739. The van der Waals surface area contributed by atoms with Crippen LogP contribution in [0.2, 0.25) is 0 Å². The number of fused-ring (bicyclic) bond motifs is 1. The number of nitrogens with zero attached hydrogens (tertiary/aromatic N) is 2. The smallest absolute Gasteiger partial charge is 0.237 e. The van der Waals surface area contributed by atoms with Crippen molar-refractivity contribution in [3.8, 4) is 0 Å². The average molecular weight is 332 g/mol. The number of carbonyl (C=O) groups excluding carboxylic acids is 1. The zero-order chi connectivity index (χ0) is 17.9. The summed E-state index contributed by atoms with van der Waals surface area (Å²) in [4.78, 5) is 18.4. The van der Waals surface area contributed by atoms with Crippen LogP contribution in [-0.4, -0.2) is 30.4 Å². The molecule has 1 aromatic rings. The maximum absolute atomic E-state index is 14.6. The highest BCUT2D eigenvalue weighted by Gasteiger charge is 2.74. The van der Waals surface area contributed by atoms with Gasteiger partial charge in [-0.2, -0.15) is 0 Å². The third kappa shape index (κ3) is 2.36. The van der Waals surface area contributed by atoms with Gasteiger partial charge in [0.05, 0.1) is 5.41 Å². The summed E-state index contributed by atoms with van der Waals surface area (Å²) in [6.45, 7) is 8.97. The van der Waals surface area contributed by atoms with Crippen LogP contribution in [0.4, 0.5) is 10.1 Å². The van der Waals surface area contributed by atoms with Gasteiger partial charge in [-0.15, -0.1) is 0 Å². The molecule has 0 aromatic heterocycles. The number of rotatable bonds is 3. The van der Waals surface area contributed by atoms with Crippen molar-refractivity contribution in [2.45, 2.75) is 39.7 Å². The molecule has 1 fully saturated rings. The summed E-state index contributed by atoms with van der Waals surface area (Å²) in [5.41, 5.74) is 5.64. The second-order valence-electron chi connectivity index (χ2n) is 8.31. The fourth-order valence-electron chi connectivity index (χ4n) is 3.40. The van der Waals surface area contributed by atoms with Crippen molar-refractivity contribution < 1.29 is 9.18 Å². The molecule has 1 unspecified atom stereocenters. The molecule has 3 rings (SSSR count). The molecule has 24 heavy (non-hydrogen) atoms. The van der Waals surface area contributed by atoms with Gasteiger partial charge in [-0.05, 0) is 37.0 Å². The lowest BCUT2D eigenvalue weighted by atomic mass is 9.91. The Morgan fingerprint density at radius 2 is 2.08 bits per heavy atom. The number of halogens is 1. The van der Waals surface area contributed by atoms with Crippen LogP contribution in [0, 0.1) is 16.6 Å². The third-order valence-electron chi connectivity index (χ3n) is 5.06. The van der Waals surface area contributed by atoms with Crippen LogP contribution in [0.25, 0.3) is 0 Å². The predicted molar refractivity (Wildman–Crippen MR) is 93.1 cm³/mol. The van der Waals surface area contributed by atoms with Gasteiger partial charge in [-0.25, -0.2) is 9.38 Å². The third-order valence-corrected chi connectivity index (χ3v) is 5.06. The van der Waals surface area contributed by atoms with Crippen LogP contribution in [0.15, 0.2) is 23.2 Å². The van der Waals surface area contributed by atoms with Gasteiger partial charge < -0.3 is 11.1 Å². The zero-order valence-electron chi connectivity index (χ0n) is 14.9. The Morgan fingerprint density at radius 1 is 1.42 bits per heavy atom. The minimum atomic E-state index is -0.885. The van der Waals surface area contributed by atoms with Crippen LogP contribution >= 0.6 is 0 Å². The normalized spacial score (nSPS) is 29.2. The lowest BCUT2D eigenvalue weighted by Crippen LogP contribution is -2.48. The Labute approximate surface area is 142 Å². The maximum Gasteiger partial charge on any atom is 0.237 e. The number of hydrogen-bond donors (Lipinski definition) is 2. The van der Waals surface area contributed by atoms with E-state index in [0.29, 0.717) is 12.0 Å². The number of aliphatic imine (C=N–C) groups is 1. The maximum atomic E-state index is 14.6. The molecule has 1 aromatic carbocycles. The van der Waals surface area contributed by atoms with E-state index in [1.165, 1.54) is 11.0 Å². The molecule has 1 heterocycles. The van der Waals surface area contributed by atoms with Gasteiger partial charge in [0.15, 0.2) is 5.96 Å². The van der Waals surface area contributed by atoms with E-state index in [2.05, 4.69) is 31.1 Å². The average Bonchev–Trinajstić information content (AvgIpc) is 3.10. The molecule has 0 spiro atoms. The number of nitrogens with one attached hydrogen (secondary N) is 1. The van der Waals surface area contributed by atoms with Crippen molar-refractivity contribution in [2.24, 2.45) is 21.6 Å². The molecule has 1 aliphatic heterocycles. The number of benzene rings is 1. The molecule has 0 radical (unpaired) electrons. The molecule has 1 amide bonds. The van der Waals surface area contributed by atoms with Crippen LogP contribution in [0.3, 0.4) is 0 Å². The fraction of sp³-hybridized carbons (Fsp3) is 0.556. The Balaban J connectivity index is 2.00. The van der Waals surface area contributed by atoms with Gasteiger partial charge in [-0.1, -0.05) is 20.8 Å². The molecule has 6 heteroatoms. The van der Waals surface area contributed by atoms with Gasteiger partial charge >= 0.3 is 0 Å². The quantitative estimate of drug-likeness (QED) is 0.894. The molecule has 1 aliphatic carbocycles. The first kappa shape index (κ1) is 16.7. The lowest BCUT2D eigenvalue weighted by molar-refractivity contribution is -0.132. The highest BCUT2D eigenvalue weighted by atomic mass is 19.1. The standard InChI is InChI=1S/C18H25FN4O/c1-16(2,3)10-21-11-6-7-13(19)12(8-11)18-9-17(18,4)14(24)23(5)15(20)22-18/h6-8,21H,9-10H2,1-5H3,(H2,20,22)/t17?,18-/m1/s1. The summed E-state index contributed by atoms with van der Waals surface area (Å²) in [7, 11) is 1.60. The SMILES string of the molecule is CN1C(=O)C2(C)C[C@]2(c2cc(NCC(C)(C)C)ccc2F)N=C1N. The van der Waals surface area contributed by atoms with E-state index in [4.69, 9.17) is 5.73 Å². The first-order valence-electron chi connectivity index (χ1n) is 8.18. The van der Waals surface area contributed by atoms with E-state index in [1.807, 2.05) is 6.92 Å². The van der Waals surface area contributed by atoms with E-state index in [1.54, 1.807) is 19.2 Å². The molecule has 5 nitrogen and oxygen atoms in total. The Morgan fingerprint density at radius 3 is 2.71 bits per heavy atom. The van der Waals surface area contributed by atoms with E-state index in [0.717, 1.165) is 12.2 Å². The second kappa shape index (κ2) is 4.94. The van der Waals surface area contributed by atoms with E-state index in [9.17, 15) is 9.18 Å². The van der Waals surface area contributed by atoms with Crippen molar-refractivity contribution in [2.75, 3.05) is 18.9 Å². The molecular formula is C18H25FN4O. The van der Waals surface area contributed by atoms with E-state index < -0.39 is 11.0 Å². The van der Waals surface area contributed by atoms with Crippen LogP contribution in [0.5, 0.6) is 0 Å². The molecular weight excluding hydrogens is 307 g/mol. The summed E-state index contributed by atoms with van der Waals surface area (Å²) in [6.07, 6.45) is 0.476. The van der Waals surface area contributed by atoms with Crippen molar-refractivity contribution in [3.05, 3.63) is 29.6 Å². The Hall–Kier alpha value is -2.11. The number of anilines is 1. The van der Waals surface area contributed by atoms with Crippen LogP contribution in [0.1, 0.15) is 39.7 Å². The van der Waals surface area contributed by atoms with Gasteiger partial charge in [0, 0.05) is 24.8 Å². The zero-order valence-corrected chi connectivity index (χ0v) is 14.9. The number of nitrogens with two attached hydrogens (primary N) is 1. The number of carbonyl (C=O) groups is 1. The van der Waals surface area contributed by atoms with Crippen molar-refractivity contribution in [1.29, 1.82) is 0 Å². The first-order chi connectivity index (χ1) is 11.0. The van der Waals surface area contributed by atoms with Gasteiger partial charge in [0.25, 0.3) is 0 Å². The molecule has 3 N–H and O–H groups in total. The lowest BCUT2D eigenvalue weighted by Gasteiger charge is -2.30. The molecule has 2 atom stereocenters. The van der Waals surface area contributed by atoms with Crippen molar-refractivity contribution >= 4 is 17.6 Å². The number of amides is 1. The Kier molecular flexibility index (Phi) is 3.45. The van der Waals surface area contributed by atoms with Gasteiger partial charge in [0.2, 0.25) is 5.91 Å². The molecule has 1 saturated carbocycles. The summed E-state index contributed by atoms with van der Waals surface area (Å²) in [5.74, 6) is -0.321. The summed E-state index contributed by atoms with van der Waals surface area (Å²) < 4.78 is 14.6.